The van der Waals surface area contributed by atoms with Gasteiger partial charge in [-0.2, -0.15) is 0 Å². The Kier molecular flexibility index (Phi) is 3.49. The number of hydrogen-bond donors (Lipinski definition) is 1. The van der Waals surface area contributed by atoms with E-state index in [1.807, 2.05) is 12.1 Å². The smallest absolute Gasteiger partial charge is 0.133 e. The maximum atomic E-state index is 5.70. The van der Waals surface area contributed by atoms with Crippen LogP contribution in [0.15, 0.2) is 24.3 Å². The van der Waals surface area contributed by atoms with E-state index in [1.54, 1.807) is 0 Å². The number of hydrogen-bond acceptors (Lipinski definition) is 3. The van der Waals surface area contributed by atoms with Gasteiger partial charge >= 0.3 is 0 Å². The van der Waals surface area contributed by atoms with Gasteiger partial charge in [-0.25, -0.2) is 0 Å². The van der Waals surface area contributed by atoms with Gasteiger partial charge < -0.3 is 10.3 Å². The van der Waals surface area contributed by atoms with Crippen molar-refractivity contribution in [1.29, 1.82) is 0 Å². The van der Waals surface area contributed by atoms with E-state index in [-0.39, 0.29) is 0 Å². The molecule has 2 N–H and O–H groups in total. The number of rotatable bonds is 3. The lowest BCUT2D eigenvalue weighted by molar-refractivity contribution is 0.603. The monoisotopic (exact) mass is 256 g/mol. The summed E-state index contributed by atoms with van der Waals surface area (Å²) in [6.45, 7) is 1.08. The third-order valence-electron chi connectivity index (χ3n) is 3.80. The standard InChI is InChI=1S/C15H20N4/c16-13-8-5-12(6-9-13)7-10-15-18-17-14-4-2-1-3-11-19(14)15/h5-6,8-9H,1-4,7,10-11,16H2. The van der Waals surface area contributed by atoms with Crippen molar-refractivity contribution in [3.63, 3.8) is 0 Å². The summed E-state index contributed by atoms with van der Waals surface area (Å²) in [7, 11) is 0. The maximum Gasteiger partial charge on any atom is 0.133 e. The van der Waals surface area contributed by atoms with Gasteiger partial charge in [0.1, 0.15) is 11.6 Å². The number of nitrogens with two attached hydrogens (primary N) is 1. The Morgan fingerprint density at radius 1 is 1.00 bits per heavy atom. The van der Waals surface area contributed by atoms with Gasteiger partial charge in [0.2, 0.25) is 0 Å². The molecule has 1 aromatic carbocycles. The van der Waals surface area contributed by atoms with Gasteiger partial charge in [-0.1, -0.05) is 18.6 Å². The lowest BCUT2D eigenvalue weighted by atomic mass is 10.1. The highest BCUT2D eigenvalue weighted by Gasteiger charge is 2.14. The molecule has 0 radical (unpaired) electrons. The second-order valence-electron chi connectivity index (χ2n) is 5.24. The summed E-state index contributed by atoms with van der Waals surface area (Å²) >= 11 is 0. The van der Waals surface area contributed by atoms with Gasteiger partial charge in [-0.05, 0) is 37.0 Å². The van der Waals surface area contributed by atoms with Crippen LogP contribution in [0.2, 0.25) is 0 Å². The van der Waals surface area contributed by atoms with Crippen LogP contribution in [-0.4, -0.2) is 14.8 Å². The average Bonchev–Trinajstić information content (AvgIpc) is 2.66. The Hall–Kier alpha value is -1.84. The van der Waals surface area contributed by atoms with Crippen molar-refractivity contribution in [3.05, 3.63) is 41.5 Å². The Bertz CT molecular complexity index is 542. The van der Waals surface area contributed by atoms with Crippen LogP contribution in [0.3, 0.4) is 0 Å². The van der Waals surface area contributed by atoms with Crippen LogP contribution in [0.1, 0.15) is 36.5 Å². The second kappa shape index (κ2) is 5.43. The molecule has 2 heterocycles. The minimum Gasteiger partial charge on any atom is -0.399 e. The first-order valence-corrected chi connectivity index (χ1v) is 7.08. The molecule has 0 atom stereocenters. The van der Waals surface area contributed by atoms with Crippen molar-refractivity contribution in [2.45, 2.75) is 45.1 Å². The van der Waals surface area contributed by atoms with Crippen molar-refractivity contribution >= 4 is 5.69 Å². The summed E-state index contributed by atoms with van der Waals surface area (Å²) < 4.78 is 2.32. The molecule has 0 spiro atoms. The van der Waals surface area contributed by atoms with Crippen LogP contribution < -0.4 is 5.73 Å². The third kappa shape index (κ3) is 2.78. The molecule has 0 aliphatic carbocycles. The topological polar surface area (TPSA) is 56.7 Å². The molecule has 4 heteroatoms. The highest BCUT2D eigenvalue weighted by Crippen LogP contribution is 2.16. The van der Waals surface area contributed by atoms with Gasteiger partial charge in [0.25, 0.3) is 0 Å². The highest BCUT2D eigenvalue weighted by molar-refractivity contribution is 5.39. The van der Waals surface area contributed by atoms with E-state index in [9.17, 15) is 0 Å². The number of nitrogens with zero attached hydrogens (tertiary/aromatic N) is 3. The van der Waals surface area contributed by atoms with E-state index in [0.29, 0.717) is 0 Å². The molecule has 1 aliphatic heterocycles. The summed E-state index contributed by atoms with van der Waals surface area (Å²) in [6.07, 6.45) is 6.83. The molecule has 3 rings (SSSR count). The maximum absolute atomic E-state index is 5.70. The lowest BCUT2D eigenvalue weighted by Crippen LogP contribution is -2.07. The Morgan fingerprint density at radius 3 is 2.68 bits per heavy atom. The molecule has 1 aromatic heterocycles. The van der Waals surface area contributed by atoms with Crippen LogP contribution in [0.25, 0.3) is 0 Å². The molecule has 0 saturated carbocycles. The molecule has 0 amide bonds. The largest absolute Gasteiger partial charge is 0.399 e. The van der Waals surface area contributed by atoms with Gasteiger partial charge in [-0.3, -0.25) is 0 Å². The highest BCUT2D eigenvalue weighted by atomic mass is 15.3. The van der Waals surface area contributed by atoms with E-state index >= 15 is 0 Å². The Morgan fingerprint density at radius 2 is 1.84 bits per heavy atom. The van der Waals surface area contributed by atoms with Crippen molar-refractivity contribution in [3.8, 4) is 0 Å². The van der Waals surface area contributed by atoms with Crippen LogP contribution in [0.5, 0.6) is 0 Å². The van der Waals surface area contributed by atoms with Crippen LogP contribution in [0, 0.1) is 0 Å². The van der Waals surface area contributed by atoms with E-state index in [4.69, 9.17) is 5.73 Å². The zero-order valence-electron chi connectivity index (χ0n) is 11.2. The summed E-state index contributed by atoms with van der Waals surface area (Å²) in [6, 6.07) is 8.10. The fourth-order valence-electron chi connectivity index (χ4n) is 2.67. The molecular formula is C15H20N4. The Balaban J connectivity index is 1.70. The van der Waals surface area contributed by atoms with Crippen molar-refractivity contribution < 1.29 is 0 Å². The molecule has 0 fully saturated rings. The number of fused-ring (bicyclic) bond motifs is 1. The van der Waals surface area contributed by atoms with Crippen LogP contribution in [-0.2, 0) is 25.8 Å². The number of anilines is 1. The minimum atomic E-state index is 0.820. The molecule has 100 valence electrons. The molecule has 1 aliphatic rings. The summed E-state index contributed by atoms with van der Waals surface area (Å²) in [5.74, 6) is 2.30. The van der Waals surface area contributed by atoms with Crippen molar-refractivity contribution in [2.24, 2.45) is 0 Å². The molecule has 0 unspecified atom stereocenters. The number of aryl methyl sites for hydroxylation is 3. The molecule has 4 nitrogen and oxygen atoms in total. The third-order valence-corrected chi connectivity index (χ3v) is 3.80. The van der Waals surface area contributed by atoms with Gasteiger partial charge in [0, 0.05) is 25.1 Å². The predicted octanol–water partition coefficient (Wildman–Crippen LogP) is 2.37. The van der Waals surface area contributed by atoms with Crippen LogP contribution in [0.4, 0.5) is 5.69 Å². The molecular weight excluding hydrogens is 236 g/mol. The SMILES string of the molecule is Nc1ccc(CCc2nnc3n2CCCCC3)cc1. The van der Waals surface area contributed by atoms with Crippen molar-refractivity contribution in [1.82, 2.24) is 14.8 Å². The predicted molar refractivity (Wildman–Crippen MR) is 75.8 cm³/mol. The molecule has 0 bridgehead atoms. The first-order chi connectivity index (χ1) is 9.33. The van der Waals surface area contributed by atoms with Gasteiger partial charge in [0.15, 0.2) is 0 Å². The Labute approximate surface area is 113 Å². The van der Waals surface area contributed by atoms with Crippen LogP contribution >= 0.6 is 0 Å². The minimum absolute atomic E-state index is 0.820. The fraction of sp³-hybridized carbons (Fsp3) is 0.467. The van der Waals surface area contributed by atoms with E-state index in [2.05, 4.69) is 26.9 Å². The summed E-state index contributed by atoms with van der Waals surface area (Å²) in [5.41, 5.74) is 7.82. The zero-order chi connectivity index (χ0) is 13.1. The number of nitrogen functional groups attached to an aromatic ring is 1. The van der Waals surface area contributed by atoms with Gasteiger partial charge in [-0.15, -0.1) is 10.2 Å². The lowest BCUT2D eigenvalue weighted by Gasteiger charge is -2.07. The van der Waals surface area contributed by atoms with E-state index < -0.39 is 0 Å². The molecule has 2 aromatic rings. The average molecular weight is 256 g/mol. The quantitative estimate of drug-likeness (QED) is 0.858. The van der Waals surface area contributed by atoms with Crippen molar-refractivity contribution in [2.75, 3.05) is 5.73 Å². The first kappa shape index (κ1) is 12.2. The van der Waals surface area contributed by atoms with E-state index in [1.165, 1.54) is 30.7 Å². The second-order valence-corrected chi connectivity index (χ2v) is 5.24. The summed E-state index contributed by atoms with van der Waals surface area (Å²) in [5, 5.41) is 8.70. The fourth-order valence-corrected chi connectivity index (χ4v) is 2.67. The molecule has 0 saturated heterocycles. The van der Waals surface area contributed by atoms with Gasteiger partial charge in [0.05, 0.1) is 0 Å². The summed E-state index contributed by atoms with van der Waals surface area (Å²) in [4.78, 5) is 0. The number of benzene rings is 1. The number of aromatic nitrogens is 3. The molecule has 19 heavy (non-hydrogen) atoms. The van der Waals surface area contributed by atoms with E-state index in [0.717, 1.165) is 37.3 Å². The zero-order valence-corrected chi connectivity index (χ0v) is 11.2. The first-order valence-electron chi connectivity index (χ1n) is 7.08. The normalized spacial score (nSPS) is 14.9.